The zero-order valence-corrected chi connectivity index (χ0v) is 17.1. The van der Waals surface area contributed by atoms with E-state index in [1.165, 1.54) is 20.2 Å². The van der Waals surface area contributed by atoms with Gasteiger partial charge in [-0.25, -0.2) is 9.18 Å². The molecule has 0 saturated carbocycles. The molecule has 0 aliphatic rings. The molecule has 2 aromatic carbocycles. The number of aryl methyl sites for hydroxylation is 1. The molecule has 0 unspecified atom stereocenters. The van der Waals surface area contributed by atoms with Crippen molar-refractivity contribution in [2.45, 2.75) is 0 Å². The minimum absolute atomic E-state index is 0.120. The molecular formula is C19H14BrClFN3O3. The first-order valence-corrected chi connectivity index (χ1v) is 9.20. The third-order valence-electron chi connectivity index (χ3n) is 4.18. The first-order valence-electron chi connectivity index (χ1n) is 8.03. The summed E-state index contributed by atoms with van der Waals surface area (Å²) in [5.41, 5.74) is -0.656. The molecule has 0 aliphatic heterocycles. The summed E-state index contributed by atoms with van der Waals surface area (Å²) in [5.74, 6) is -1.22. The van der Waals surface area contributed by atoms with Gasteiger partial charge in [0.25, 0.3) is 11.5 Å². The average molecular weight is 467 g/mol. The molecule has 6 nitrogen and oxygen atoms in total. The number of nitrogens with one attached hydrogen (secondary N) is 1. The maximum absolute atomic E-state index is 14.4. The molecule has 1 N–H and O–H groups in total. The van der Waals surface area contributed by atoms with Crippen LogP contribution in [-0.4, -0.2) is 15.0 Å². The third kappa shape index (κ3) is 3.53. The Kier molecular flexibility index (Phi) is 5.53. The van der Waals surface area contributed by atoms with Crippen molar-refractivity contribution in [2.75, 3.05) is 5.32 Å². The van der Waals surface area contributed by atoms with Crippen LogP contribution in [0.2, 0.25) is 5.02 Å². The van der Waals surface area contributed by atoms with Crippen molar-refractivity contribution in [1.82, 2.24) is 9.13 Å². The lowest BCUT2D eigenvalue weighted by Gasteiger charge is -2.13. The predicted octanol–water partition coefficient (Wildman–Crippen LogP) is 3.56. The second kappa shape index (κ2) is 7.73. The Hall–Kier alpha value is -2.71. The molecule has 0 aliphatic carbocycles. The van der Waals surface area contributed by atoms with Gasteiger partial charge in [-0.2, -0.15) is 0 Å². The van der Waals surface area contributed by atoms with Crippen LogP contribution in [0.5, 0.6) is 0 Å². The van der Waals surface area contributed by atoms with Gasteiger partial charge in [-0.15, -0.1) is 0 Å². The Morgan fingerprint density at radius 1 is 1.11 bits per heavy atom. The highest BCUT2D eigenvalue weighted by Gasteiger charge is 2.18. The van der Waals surface area contributed by atoms with Crippen LogP contribution in [0, 0.1) is 5.82 Å². The largest absolute Gasteiger partial charge is 0.330 e. The van der Waals surface area contributed by atoms with E-state index < -0.39 is 23.0 Å². The Morgan fingerprint density at radius 3 is 2.46 bits per heavy atom. The molecule has 9 heteroatoms. The Morgan fingerprint density at radius 2 is 1.75 bits per heavy atom. The maximum atomic E-state index is 14.4. The Balaban J connectivity index is 2.03. The summed E-state index contributed by atoms with van der Waals surface area (Å²) in [5, 5.41) is 2.67. The highest BCUT2D eigenvalue weighted by atomic mass is 79.9. The second-order valence-electron chi connectivity index (χ2n) is 6.02. The van der Waals surface area contributed by atoms with E-state index in [1.54, 1.807) is 30.3 Å². The fraction of sp³-hybridized carbons (Fsp3) is 0.105. The van der Waals surface area contributed by atoms with Gasteiger partial charge < -0.3 is 9.88 Å². The van der Waals surface area contributed by atoms with Gasteiger partial charge in [0.05, 0.1) is 15.2 Å². The van der Waals surface area contributed by atoms with Crippen LogP contribution in [0.25, 0.3) is 11.1 Å². The van der Waals surface area contributed by atoms with Crippen LogP contribution < -0.4 is 16.6 Å². The summed E-state index contributed by atoms with van der Waals surface area (Å²) in [6, 6.07) is 9.55. The average Bonchev–Trinajstić information content (AvgIpc) is 2.67. The van der Waals surface area contributed by atoms with Gasteiger partial charge in [-0.3, -0.25) is 14.2 Å². The van der Waals surface area contributed by atoms with E-state index in [4.69, 9.17) is 11.6 Å². The van der Waals surface area contributed by atoms with Gasteiger partial charge >= 0.3 is 5.69 Å². The molecular weight excluding hydrogens is 453 g/mol. The standard InChI is InChI=1S/C19H14BrClFN3O3/c1-24-9-12(18(27)25(2)19(24)28)17(26)23-14-8-4-5-10(15(14)21)11-6-3-7-13(20)16(11)22/h3-9H,1-2H3,(H,23,26). The lowest BCUT2D eigenvalue weighted by Crippen LogP contribution is -2.40. The molecule has 0 bridgehead atoms. The third-order valence-corrected chi connectivity index (χ3v) is 5.20. The van der Waals surface area contributed by atoms with Crippen molar-refractivity contribution >= 4 is 39.1 Å². The fourth-order valence-corrected chi connectivity index (χ4v) is 3.34. The van der Waals surface area contributed by atoms with Gasteiger partial charge in [0, 0.05) is 31.4 Å². The summed E-state index contributed by atoms with van der Waals surface area (Å²) < 4.78 is 16.7. The summed E-state index contributed by atoms with van der Waals surface area (Å²) in [6.45, 7) is 0. The lowest BCUT2D eigenvalue weighted by atomic mass is 10.0. The number of nitrogens with zero attached hydrogens (tertiary/aromatic N) is 2. The van der Waals surface area contributed by atoms with Crippen molar-refractivity contribution in [2.24, 2.45) is 14.1 Å². The lowest BCUT2D eigenvalue weighted by molar-refractivity contribution is 0.102. The zero-order valence-electron chi connectivity index (χ0n) is 14.8. The number of benzene rings is 2. The minimum Gasteiger partial charge on any atom is -0.320 e. The van der Waals surface area contributed by atoms with Crippen LogP contribution in [0.4, 0.5) is 10.1 Å². The fourth-order valence-electron chi connectivity index (χ4n) is 2.70. The van der Waals surface area contributed by atoms with E-state index in [0.29, 0.717) is 5.56 Å². The van der Waals surface area contributed by atoms with E-state index in [0.717, 1.165) is 15.3 Å². The zero-order chi connectivity index (χ0) is 20.6. The predicted molar refractivity (Wildman–Crippen MR) is 109 cm³/mol. The number of rotatable bonds is 3. The number of carbonyl (C=O) groups is 1. The SMILES string of the molecule is Cn1cc(C(=O)Nc2cccc(-c3cccc(Br)c3F)c2Cl)c(=O)n(C)c1=O. The second-order valence-corrected chi connectivity index (χ2v) is 7.26. The van der Waals surface area contributed by atoms with Crippen molar-refractivity contribution in [3.05, 3.63) is 84.3 Å². The van der Waals surface area contributed by atoms with E-state index in [1.807, 2.05) is 0 Å². The summed E-state index contributed by atoms with van der Waals surface area (Å²) in [7, 11) is 2.72. The first-order chi connectivity index (χ1) is 13.2. The molecule has 0 radical (unpaired) electrons. The number of carbonyl (C=O) groups excluding carboxylic acids is 1. The first kappa shape index (κ1) is 20.0. The van der Waals surface area contributed by atoms with Crippen molar-refractivity contribution in [3.63, 3.8) is 0 Å². The Labute approximate surface area is 172 Å². The minimum atomic E-state index is -0.732. The van der Waals surface area contributed by atoms with E-state index >= 15 is 0 Å². The smallest absolute Gasteiger partial charge is 0.320 e. The molecule has 28 heavy (non-hydrogen) atoms. The number of anilines is 1. The van der Waals surface area contributed by atoms with Crippen molar-refractivity contribution in [1.29, 1.82) is 0 Å². The molecule has 0 saturated heterocycles. The van der Waals surface area contributed by atoms with E-state index in [-0.39, 0.29) is 26.3 Å². The van der Waals surface area contributed by atoms with Gasteiger partial charge in [-0.1, -0.05) is 35.9 Å². The molecule has 3 aromatic rings. The molecule has 0 fully saturated rings. The molecule has 0 atom stereocenters. The summed E-state index contributed by atoms with van der Waals surface area (Å²) in [4.78, 5) is 36.6. The van der Waals surface area contributed by atoms with Crippen molar-refractivity contribution in [3.8, 4) is 11.1 Å². The number of amides is 1. The molecule has 0 spiro atoms. The highest BCUT2D eigenvalue weighted by molar-refractivity contribution is 9.10. The quantitative estimate of drug-likeness (QED) is 0.641. The molecule has 144 valence electrons. The topological polar surface area (TPSA) is 73.1 Å². The molecule has 1 heterocycles. The monoisotopic (exact) mass is 465 g/mol. The summed E-state index contributed by atoms with van der Waals surface area (Å²) in [6.07, 6.45) is 1.16. The number of hydrogen-bond acceptors (Lipinski definition) is 3. The van der Waals surface area contributed by atoms with Gasteiger partial charge in [0.15, 0.2) is 0 Å². The summed E-state index contributed by atoms with van der Waals surface area (Å²) >= 11 is 9.52. The van der Waals surface area contributed by atoms with Crippen LogP contribution in [-0.2, 0) is 14.1 Å². The Bertz CT molecular complexity index is 1220. The van der Waals surface area contributed by atoms with Gasteiger partial charge in [-0.05, 0) is 28.1 Å². The van der Waals surface area contributed by atoms with Crippen LogP contribution in [0.1, 0.15) is 10.4 Å². The normalized spacial score (nSPS) is 10.8. The van der Waals surface area contributed by atoms with Crippen LogP contribution in [0.3, 0.4) is 0 Å². The molecule has 3 rings (SSSR count). The number of aromatic nitrogens is 2. The van der Waals surface area contributed by atoms with Gasteiger partial charge in [0.1, 0.15) is 11.4 Å². The van der Waals surface area contributed by atoms with Gasteiger partial charge in [0.2, 0.25) is 0 Å². The number of hydrogen-bond donors (Lipinski definition) is 1. The van der Waals surface area contributed by atoms with Crippen LogP contribution in [0.15, 0.2) is 56.7 Å². The van der Waals surface area contributed by atoms with Crippen molar-refractivity contribution < 1.29 is 9.18 Å². The highest BCUT2D eigenvalue weighted by Crippen LogP contribution is 2.36. The van der Waals surface area contributed by atoms with Crippen LogP contribution >= 0.6 is 27.5 Å². The number of halogens is 3. The van der Waals surface area contributed by atoms with E-state index in [2.05, 4.69) is 21.2 Å². The van der Waals surface area contributed by atoms with E-state index in [9.17, 15) is 18.8 Å². The molecule has 1 amide bonds. The molecule has 1 aromatic heterocycles. The maximum Gasteiger partial charge on any atom is 0.330 e.